The SMILES string of the molecule is CC(C)C(=O)N1CCN(C(=O)C[P+](c2ccccc2)(c2ccccc2)c2ccccc2)CC1.CCC(=O)C1CCN(C(=O)C(C)C)CC1. The third-order valence-electron chi connectivity index (χ3n) is 9.51. The van der Waals surface area contributed by atoms with E-state index in [4.69, 9.17) is 0 Å². The lowest BCUT2D eigenvalue weighted by molar-refractivity contribution is -0.140. The van der Waals surface area contributed by atoms with Crippen LogP contribution in [-0.2, 0) is 19.2 Å². The smallest absolute Gasteiger partial charge is 0.261 e. The van der Waals surface area contributed by atoms with Crippen molar-refractivity contribution in [3.63, 3.8) is 0 Å². The molecule has 2 heterocycles. The number of carbonyl (C=O) groups is 4. The summed E-state index contributed by atoms with van der Waals surface area (Å²) in [5.74, 6) is 1.16. The van der Waals surface area contributed by atoms with E-state index in [1.807, 2.05) is 67.5 Å². The van der Waals surface area contributed by atoms with Crippen LogP contribution in [-0.4, -0.2) is 83.6 Å². The Hall–Kier alpha value is -3.83. The highest BCUT2D eigenvalue weighted by Gasteiger charge is 2.48. The number of likely N-dealkylation sites (tertiary alicyclic amines) is 1. The van der Waals surface area contributed by atoms with Crippen molar-refractivity contribution in [3.8, 4) is 0 Å². The van der Waals surface area contributed by atoms with Crippen LogP contribution in [0.4, 0.5) is 0 Å². The summed E-state index contributed by atoms with van der Waals surface area (Å²) >= 11 is 0. The zero-order valence-corrected chi connectivity index (χ0v) is 30.3. The number of Topliss-reactive ketones (excluding diaryl/α,β-unsaturated/α-hetero) is 1. The first kappa shape index (κ1) is 37.0. The molecular weight excluding hydrogens is 617 g/mol. The highest BCUT2D eigenvalue weighted by Crippen LogP contribution is 2.55. The maximum Gasteiger partial charge on any atom is 0.261 e. The molecule has 3 aromatic carbocycles. The van der Waals surface area contributed by atoms with Crippen molar-refractivity contribution >= 4 is 46.7 Å². The molecule has 0 aliphatic carbocycles. The van der Waals surface area contributed by atoms with Crippen molar-refractivity contribution in [2.75, 3.05) is 45.4 Å². The predicted molar refractivity (Wildman–Crippen MR) is 197 cm³/mol. The summed E-state index contributed by atoms with van der Waals surface area (Å²) in [6.45, 7) is 13.5. The zero-order chi connectivity index (χ0) is 34.7. The monoisotopic (exact) mass is 670 g/mol. The van der Waals surface area contributed by atoms with Crippen LogP contribution in [0.15, 0.2) is 91.0 Å². The number of hydrogen-bond acceptors (Lipinski definition) is 4. The fourth-order valence-electron chi connectivity index (χ4n) is 6.69. The molecule has 3 aromatic rings. The fourth-order valence-corrected chi connectivity index (χ4v) is 10.8. The molecule has 0 bridgehead atoms. The first-order chi connectivity index (χ1) is 23.1. The molecule has 0 aromatic heterocycles. The van der Waals surface area contributed by atoms with E-state index >= 15 is 0 Å². The topological polar surface area (TPSA) is 78.0 Å². The second-order valence-corrected chi connectivity index (χ2v) is 16.9. The van der Waals surface area contributed by atoms with E-state index in [2.05, 4.69) is 72.8 Å². The molecule has 0 radical (unpaired) electrons. The van der Waals surface area contributed by atoms with Crippen molar-refractivity contribution in [3.05, 3.63) is 91.0 Å². The molecule has 0 saturated carbocycles. The van der Waals surface area contributed by atoms with Gasteiger partial charge in [0.2, 0.25) is 11.8 Å². The van der Waals surface area contributed by atoms with Gasteiger partial charge >= 0.3 is 0 Å². The van der Waals surface area contributed by atoms with Crippen molar-refractivity contribution in [2.24, 2.45) is 17.8 Å². The first-order valence-electron chi connectivity index (χ1n) is 17.5. The molecule has 0 unspecified atom stereocenters. The molecule has 2 fully saturated rings. The molecule has 0 spiro atoms. The summed E-state index contributed by atoms with van der Waals surface area (Å²) in [5, 5.41) is 3.64. The van der Waals surface area contributed by atoms with E-state index in [1.54, 1.807) is 0 Å². The quantitative estimate of drug-likeness (QED) is 0.295. The van der Waals surface area contributed by atoms with Crippen LogP contribution in [0.25, 0.3) is 0 Å². The molecule has 8 heteroatoms. The van der Waals surface area contributed by atoms with Gasteiger partial charge in [-0.25, -0.2) is 0 Å². The fraction of sp³-hybridized carbons (Fsp3) is 0.450. The lowest BCUT2D eigenvalue weighted by atomic mass is 9.91. The number of piperazine rings is 1. The van der Waals surface area contributed by atoms with Crippen molar-refractivity contribution in [1.29, 1.82) is 0 Å². The molecule has 5 rings (SSSR count). The van der Waals surface area contributed by atoms with E-state index in [0.717, 1.165) is 25.9 Å². The van der Waals surface area contributed by atoms with Gasteiger partial charge in [-0.1, -0.05) is 89.2 Å². The molecule has 0 N–H and O–H groups in total. The number of ketones is 1. The highest BCUT2D eigenvalue weighted by atomic mass is 31.2. The second-order valence-electron chi connectivity index (χ2n) is 13.4. The van der Waals surface area contributed by atoms with Crippen LogP contribution in [0, 0.1) is 17.8 Å². The highest BCUT2D eigenvalue weighted by molar-refractivity contribution is 7.96. The Morgan fingerprint density at radius 1 is 0.583 bits per heavy atom. The summed E-state index contributed by atoms with van der Waals surface area (Å²) < 4.78 is 0. The third kappa shape index (κ3) is 8.99. The molecule has 3 amide bonds. The van der Waals surface area contributed by atoms with Gasteiger partial charge in [0.1, 0.15) is 29.0 Å². The van der Waals surface area contributed by atoms with E-state index in [1.165, 1.54) is 15.9 Å². The Kier molecular flexibility index (Phi) is 13.5. The minimum atomic E-state index is -2.20. The van der Waals surface area contributed by atoms with Crippen molar-refractivity contribution in [1.82, 2.24) is 14.7 Å². The molecule has 48 heavy (non-hydrogen) atoms. The molecule has 0 atom stereocenters. The number of rotatable bonds is 9. The summed E-state index contributed by atoms with van der Waals surface area (Å²) in [4.78, 5) is 55.1. The standard InChI is InChI=1S/C28H32N2O2P.C12H21NO2/c1-23(2)28(32)30-20-18-29(19-21-30)27(31)22-33(24-12-6-3-7-13-24,25-14-8-4-9-15-25)26-16-10-5-11-17-26;1-4-11(14)10-5-7-13(8-6-10)12(15)9(2)3/h3-17,23H,18-22H2,1-2H3;9-10H,4-8H2,1-3H3/q+1;. The maximum atomic E-state index is 13.8. The average molecular weight is 671 g/mol. The van der Waals surface area contributed by atoms with Gasteiger partial charge in [0.25, 0.3) is 5.91 Å². The normalized spacial score (nSPS) is 15.6. The Morgan fingerprint density at radius 2 is 0.938 bits per heavy atom. The van der Waals surface area contributed by atoms with Gasteiger partial charge in [-0.15, -0.1) is 0 Å². The Bertz CT molecular complexity index is 1380. The van der Waals surface area contributed by atoms with E-state index in [9.17, 15) is 19.2 Å². The van der Waals surface area contributed by atoms with Crippen LogP contribution in [0.1, 0.15) is 53.9 Å². The van der Waals surface area contributed by atoms with E-state index in [-0.39, 0.29) is 35.5 Å². The number of carbonyl (C=O) groups excluding carboxylic acids is 4. The summed E-state index contributed by atoms with van der Waals surface area (Å²) in [6, 6.07) is 31.5. The van der Waals surface area contributed by atoms with Gasteiger partial charge in [-0.3, -0.25) is 19.2 Å². The number of amides is 3. The Balaban J connectivity index is 0.000000291. The molecule has 256 valence electrons. The van der Waals surface area contributed by atoms with Gasteiger partial charge < -0.3 is 14.7 Å². The Morgan fingerprint density at radius 3 is 1.29 bits per heavy atom. The van der Waals surface area contributed by atoms with Crippen LogP contribution in [0.3, 0.4) is 0 Å². The average Bonchev–Trinajstić information content (AvgIpc) is 3.14. The lowest BCUT2D eigenvalue weighted by Crippen LogP contribution is -2.53. The number of piperidine rings is 1. The molecule has 2 aliphatic heterocycles. The van der Waals surface area contributed by atoms with Crippen LogP contribution in [0.2, 0.25) is 0 Å². The van der Waals surface area contributed by atoms with Gasteiger partial charge in [0.15, 0.2) is 6.16 Å². The Labute approximate surface area is 288 Å². The molecular formula is C40H53N3O4P+. The summed E-state index contributed by atoms with van der Waals surface area (Å²) in [5.41, 5.74) is 0. The van der Waals surface area contributed by atoms with Gasteiger partial charge in [0.05, 0.1) is 0 Å². The first-order valence-corrected chi connectivity index (χ1v) is 19.5. The van der Waals surface area contributed by atoms with Gasteiger partial charge in [-0.05, 0) is 49.2 Å². The third-order valence-corrected chi connectivity index (χ3v) is 13.8. The molecule has 7 nitrogen and oxygen atoms in total. The maximum absolute atomic E-state index is 13.8. The van der Waals surface area contributed by atoms with Crippen molar-refractivity contribution < 1.29 is 19.2 Å². The summed E-state index contributed by atoms with van der Waals surface area (Å²) in [7, 11) is -2.20. The van der Waals surface area contributed by atoms with Gasteiger partial charge in [-0.2, -0.15) is 0 Å². The van der Waals surface area contributed by atoms with Crippen molar-refractivity contribution in [2.45, 2.75) is 53.9 Å². The number of hydrogen-bond donors (Lipinski definition) is 0. The molecule has 2 saturated heterocycles. The lowest BCUT2D eigenvalue weighted by Gasteiger charge is -2.36. The van der Waals surface area contributed by atoms with Gasteiger partial charge in [0, 0.05) is 63.4 Å². The zero-order valence-electron chi connectivity index (χ0n) is 29.4. The second kappa shape index (κ2) is 17.5. The number of nitrogens with zero attached hydrogens (tertiary/aromatic N) is 3. The number of benzene rings is 3. The minimum absolute atomic E-state index is 0.0138. The predicted octanol–water partition coefficient (Wildman–Crippen LogP) is 5.17. The summed E-state index contributed by atoms with van der Waals surface area (Å²) in [6.07, 6.45) is 2.78. The minimum Gasteiger partial charge on any atom is -0.342 e. The van der Waals surface area contributed by atoms with Crippen LogP contribution >= 0.6 is 7.26 Å². The largest absolute Gasteiger partial charge is 0.342 e. The van der Waals surface area contributed by atoms with E-state index in [0.29, 0.717) is 44.5 Å². The van der Waals surface area contributed by atoms with Crippen LogP contribution in [0.5, 0.6) is 0 Å². The molecule has 2 aliphatic rings. The van der Waals surface area contributed by atoms with Crippen LogP contribution < -0.4 is 15.9 Å². The van der Waals surface area contributed by atoms with E-state index < -0.39 is 7.26 Å².